The summed E-state index contributed by atoms with van der Waals surface area (Å²) in [5.74, 6) is 0.779. The normalized spacial score (nSPS) is 10.1. The number of amides is 1. The van der Waals surface area contributed by atoms with E-state index >= 15 is 0 Å². The first-order chi connectivity index (χ1) is 7.77. The third kappa shape index (κ3) is 2.28. The molecule has 0 bridgehead atoms. The summed E-state index contributed by atoms with van der Waals surface area (Å²) in [6.45, 7) is 2.02. The molecule has 82 valence electrons. The number of H-pyrrole nitrogens is 1. The van der Waals surface area contributed by atoms with E-state index in [0.29, 0.717) is 6.54 Å². The molecule has 0 atom stereocenters. The average molecular weight is 215 g/mol. The van der Waals surface area contributed by atoms with E-state index in [4.69, 9.17) is 0 Å². The van der Waals surface area contributed by atoms with Crippen molar-refractivity contribution >= 4 is 11.6 Å². The molecule has 1 aromatic heterocycles. The minimum Gasteiger partial charge on any atom is -0.347 e. The first-order valence-electron chi connectivity index (χ1n) is 5.09. The summed E-state index contributed by atoms with van der Waals surface area (Å²) in [7, 11) is 0. The van der Waals surface area contributed by atoms with Gasteiger partial charge >= 0.3 is 0 Å². The van der Waals surface area contributed by atoms with E-state index in [0.717, 1.165) is 11.5 Å². The Kier molecular flexibility index (Phi) is 3.00. The van der Waals surface area contributed by atoms with E-state index in [-0.39, 0.29) is 5.91 Å². The molecule has 0 aliphatic rings. The standard InChI is InChI=1S/C12H13N3O/c1-10(16)15(9-12-13-7-8-14-12)11-5-3-2-4-6-11/h2-8H,9H2,1H3,(H,13,14). The Balaban J connectivity index is 2.22. The number of carbonyl (C=O) groups is 1. The first-order valence-corrected chi connectivity index (χ1v) is 5.09. The monoisotopic (exact) mass is 215 g/mol. The summed E-state index contributed by atoms with van der Waals surface area (Å²) in [5.41, 5.74) is 0.881. The van der Waals surface area contributed by atoms with Crippen molar-refractivity contribution in [3.8, 4) is 0 Å². The predicted octanol–water partition coefficient (Wildman–Crippen LogP) is 1.96. The summed E-state index contributed by atoms with van der Waals surface area (Å²) >= 11 is 0. The minimum absolute atomic E-state index is 0.00241. The number of hydrogen-bond donors (Lipinski definition) is 1. The van der Waals surface area contributed by atoms with Gasteiger partial charge in [-0.05, 0) is 12.1 Å². The molecule has 0 aliphatic heterocycles. The Morgan fingerprint density at radius 3 is 2.69 bits per heavy atom. The molecular weight excluding hydrogens is 202 g/mol. The smallest absolute Gasteiger partial charge is 0.224 e. The SMILES string of the molecule is CC(=O)N(Cc1ncc[nH]1)c1ccccc1. The predicted molar refractivity (Wildman–Crippen MR) is 61.9 cm³/mol. The van der Waals surface area contributed by atoms with Crippen LogP contribution in [0.15, 0.2) is 42.7 Å². The van der Waals surface area contributed by atoms with Gasteiger partial charge in [-0.1, -0.05) is 18.2 Å². The van der Waals surface area contributed by atoms with Gasteiger partial charge in [0, 0.05) is 25.0 Å². The van der Waals surface area contributed by atoms with Crippen LogP contribution in [0.2, 0.25) is 0 Å². The van der Waals surface area contributed by atoms with Crippen molar-refractivity contribution in [3.05, 3.63) is 48.5 Å². The summed E-state index contributed by atoms with van der Waals surface area (Å²) in [5, 5.41) is 0. The van der Waals surface area contributed by atoms with Crippen LogP contribution in [-0.2, 0) is 11.3 Å². The number of para-hydroxylation sites is 1. The highest BCUT2D eigenvalue weighted by atomic mass is 16.2. The van der Waals surface area contributed by atoms with Crippen molar-refractivity contribution in [1.29, 1.82) is 0 Å². The molecule has 4 nitrogen and oxygen atoms in total. The third-order valence-electron chi connectivity index (χ3n) is 2.31. The maximum absolute atomic E-state index is 11.6. The number of rotatable bonds is 3. The summed E-state index contributed by atoms with van der Waals surface area (Å²) < 4.78 is 0. The third-order valence-corrected chi connectivity index (χ3v) is 2.31. The van der Waals surface area contributed by atoms with Crippen LogP contribution in [0.4, 0.5) is 5.69 Å². The zero-order valence-corrected chi connectivity index (χ0v) is 9.05. The lowest BCUT2D eigenvalue weighted by atomic mass is 10.3. The van der Waals surface area contributed by atoms with Crippen LogP contribution in [0.5, 0.6) is 0 Å². The van der Waals surface area contributed by atoms with Crippen molar-refractivity contribution < 1.29 is 4.79 Å². The fourth-order valence-electron chi connectivity index (χ4n) is 1.53. The Bertz CT molecular complexity index is 450. The van der Waals surface area contributed by atoms with Crippen molar-refractivity contribution in [3.63, 3.8) is 0 Å². The molecule has 1 aromatic carbocycles. The maximum Gasteiger partial charge on any atom is 0.224 e. The Morgan fingerprint density at radius 2 is 2.12 bits per heavy atom. The second-order valence-electron chi connectivity index (χ2n) is 3.48. The molecule has 0 aliphatic carbocycles. The van der Waals surface area contributed by atoms with Gasteiger partial charge in [0.2, 0.25) is 5.91 Å². The Morgan fingerprint density at radius 1 is 1.38 bits per heavy atom. The second kappa shape index (κ2) is 4.61. The van der Waals surface area contributed by atoms with Crippen LogP contribution in [-0.4, -0.2) is 15.9 Å². The minimum atomic E-state index is 0.00241. The fraction of sp³-hybridized carbons (Fsp3) is 0.167. The van der Waals surface area contributed by atoms with Crippen LogP contribution in [0, 0.1) is 0 Å². The van der Waals surface area contributed by atoms with Crippen molar-refractivity contribution in [2.45, 2.75) is 13.5 Å². The highest BCUT2D eigenvalue weighted by molar-refractivity contribution is 5.91. The molecule has 4 heteroatoms. The van der Waals surface area contributed by atoms with E-state index in [1.165, 1.54) is 0 Å². The fourth-order valence-corrected chi connectivity index (χ4v) is 1.53. The Labute approximate surface area is 93.9 Å². The largest absolute Gasteiger partial charge is 0.347 e. The molecule has 0 saturated carbocycles. The molecule has 0 saturated heterocycles. The molecule has 1 heterocycles. The summed E-state index contributed by atoms with van der Waals surface area (Å²) in [6, 6.07) is 9.56. The molecule has 2 aromatic rings. The highest BCUT2D eigenvalue weighted by Gasteiger charge is 2.12. The van der Waals surface area contributed by atoms with E-state index in [9.17, 15) is 4.79 Å². The average Bonchev–Trinajstić information content (AvgIpc) is 2.79. The number of benzene rings is 1. The number of aromatic amines is 1. The van der Waals surface area contributed by atoms with Gasteiger partial charge in [0.05, 0.1) is 6.54 Å². The van der Waals surface area contributed by atoms with E-state index in [1.54, 1.807) is 24.2 Å². The molecule has 0 fully saturated rings. The van der Waals surface area contributed by atoms with E-state index < -0.39 is 0 Å². The van der Waals surface area contributed by atoms with Crippen molar-refractivity contribution in [1.82, 2.24) is 9.97 Å². The molecular formula is C12H13N3O. The number of nitrogens with zero attached hydrogens (tertiary/aromatic N) is 2. The van der Waals surface area contributed by atoms with Gasteiger partial charge < -0.3 is 9.88 Å². The second-order valence-corrected chi connectivity index (χ2v) is 3.48. The van der Waals surface area contributed by atoms with Gasteiger partial charge in [-0.2, -0.15) is 0 Å². The molecule has 1 N–H and O–H groups in total. The molecule has 0 unspecified atom stereocenters. The number of nitrogens with one attached hydrogen (secondary N) is 1. The van der Waals surface area contributed by atoms with Gasteiger partial charge in [0.25, 0.3) is 0 Å². The molecule has 2 rings (SSSR count). The highest BCUT2D eigenvalue weighted by Crippen LogP contribution is 2.15. The lowest BCUT2D eigenvalue weighted by Crippen LogP contribution is -2.28. The maximum atomic E-state index is 11.6. The molecule has 16 heavy (non-hydrogen) atoms. The van der Waals surface area contributed by atoms with Crippen LogP contribution in [0.25, 0.3) is 0 Å². The number of hydrogen-bond acceptors (Lipinski definition) is 2. The molecule has 0 radical (unpaired) electrons. The number of aromatic nitrogens is 2. The molecule has 1 amide bonds. The van der Waals surface area contributed by atoms with Gasteiger partial charge in [-0.3, -0.25) is 4.79 Å². The van der Waals surface area contributed by atoms with Crippen LogP contribution < -0.4 is 4.90 Å². The van der Waals surface area contributed by atoms with E-state index in [1.807, 2.05) is 30.3 Å². The first kappa shape index (κ1) is 10.4. The summed E-state index contributed by atoms with van der Waals surface area (Å²) in [4.78, 5) is 20.3. The van der Waals surface area contributed by atoms with Crippen LogP contribution >= 0.6 is 0 Å². The topological polar surface area (TPSA) is 49.0 Å². The summed E-state index contributed by atoms with van der Waals surface area (Å²) in [6.07, 6.45) is 3.43. The van der Waals surface area contributed by atoms with Gasteiger partial charge in [0.1, 0.15) is 5.82 Å². The van der Waals surface area contributed by atoms with Crippen molar-refractivity contribution in [2.24, 2.45) is 0 Å². The quantitative estimate of drug-likeness (QED) is 0.850. The number of anilines is 1. The van der Waals surface area contributed by atoms with Crippen LogP contribution in [0.3, 0.4) is 0 Å². The number of carbonyl (C=O) groups excluding carboxylic acids is 1. The van der Waals surface area contributed by atoms with Crippen molar-refractivity contribution in [2.75, 3.05) is 4.90 Å². The Hall–Kier alpha value is -2.10. The van der Waals surface area contributed by atoms with E-state index in [2.05, 4.69) is 9.97 Å². The van der Waals surface area contributed by atoms with Crippen LogP contribution in [0.1, 0.15) is 12.7 Å². The lowest BCUT2D eigenvalue weighted by Gasteiger charge is -2.19. The zero-order chi connectivity index (χ0) is 11.4. The molecule has 0 spiro atoms. The number of imidazole rings is 1. The van der Waals surface area contributed by atoms with Gasteiger partial charge in [0.15, 0.2) is 0 Å². The van der Waals surface area contributed by atoms with Gasteiger partial charge in [-0.25, -0.2) is 4.98 Å². The zero-order valence-electron chi connectivity index (χ0n) is 9.05. The van der Waals surface area contributed by atoms with Gasteiger partial charge in [-0.15, -0.1) is 0 Å². The lowest BCUT2D eigenvalue weighted by molar-refractivity contribution is -0.116.